The molecule has 0 atom stereocenters. The van der Waals surface area contributed by atoms with Crippen molar-refractivity contribution in [2.45, 2.75) is 34.1 Å². The lowest BCUT2D eigenvalue weighted by Gasteiger charge is -2.21. The van der Waals surface area contributed by atoms with Gasteiger partial charge in [-0.1, -0.05) is 6.92 Å². The Hall–Kier alpha value is -2.10. The van der Waals surface area contributed by atoms with Gasteiger partial charge in [-0.3, -0.25) is 0 Å². The summed E-state index contributed by atoms with van der Waals surface area (Å²) in [5.41, 5.74) is 1.85. The van der Waals surface area contributed by atoms with Crippen LogP contribution in [-0.2, 0) is 6.42 Å². The summed E-state index contributed by atoms with van der Waals surface area (Å²) in [6.07, 6.45) is 4.76. The summed E-state index contributed by atoms with van der Waals surface area (Å²) in [4.78, 5) is 2.21. The zero-order chi connectivity index (χ0) is 20.6. The second kappa shape index (κ2) is 10.3. The molecular weight excluding hydrogens is 381 g/mol. The maximum Gasteiger partial charge on any atom is 0.673 e. The molecule has 4 nitrogen and oxygen atoms in total. The van der Waals surface area contributed by atoms with E-state index in [4.69, 9.17) is 0 Å². The molecule has 0 fully saturated rings. The maximum absolute atomic E-state index is 10.2. The van der Waals surface area contributed by atoms with Gasteiger partial charge in [0, 0.05) is 48.0 Å². The summed E-state index contributed by atoms with van der Waals surface area (Å²) in [6.45, 7) is 10.2. The molecule has 1 heterocycles. The van der Waals surface area contributed by atoms with Crippen LogP contribution in [0, 0.1) is 6.92 Å². The zero-order valence-electron chi connectivity index (χ0n) is 15.8. The molecule has 1 aromatic carbocycles. The Morgan fingerprint density at radius 2 is 1.78 bits per heavy atom. The van der Waals surface area contributed by atoms with Crippen LogP contribution in [0.5, 0.6) is 5.75 Å². The second-order valence-electron chi connectivity index (χ2n) is 5.54. The van der Waals surface area contributed by atoms with Crippen LogP contribution in [0.2, 0.25) is 0 Å². The highest BCUT2D eigenvalue weighted by atomic mass is 32.1. The average Bonchev–Trinajstić information content (AvgIpc) is 2.93. The summed E-state index contributed by atoms with van der Waals surface area (Å²) in [5, 5.41) is 16.9. The molecule has 2 aromatic rings. The summed E-state index contributed by atoms with van der Waals surface area (Å²) < 4.78 is 40.9. The molecule has 27 heavy (non-hydrogen) atoms. The number of halogens is 4. The third-order valence-electron chi connectivity index (χ3n) is 3.61. The number of aromatic hydroxyl groups is 1. The standard InChI is InChI=1S/C17H23N3OS.BF4/c1-5-17-20(18-13(4)22-17)11-10-14-8-9-15(12-16(14)21)19(6-2)7-3;2-1(3,4)5/h8-12H,5-7H2,1-4H3;/q;-1/p+1. The number of rotatable bonds is 6. The van der Waals surface area contributed by atoms with Crippen molar-refractivity contribution in [1.29, 1.82) is 0 Å². The van der Waals surface area contributed by atoms with Gasteiger partial charge in [-0.05, 0) is 48.9 Å². The van der Waals surface area contributed by atoms with E-state index in [-0.39, 0.29) is 0 Å². The van der Waals surface area contributed by atoms with E-state index in [1.807, 2.05) is 42.1 Å². The lowest BCUT2D eigenvalue weighted by atomic mass is 10.1. The fourth-order valence-corrected chi connectivity index (χ4v) is 3.21. The van der Waals surface area contributed by atoms with E-state index in [0.29, 0.717) is 5.75 Å². The van der Waals surface area contributed by atoms with E-state index in [2.05, 4.69) is 30.8 Å². The van der Waals surface area contributed by atoms with Crippen LogP contribution in [0.1, 0.15) is 36.3 Å². The Balaban J connectivity index is 0.000000646. The SMILES string of the molecule is CCc1sc(C)n[n+]1C=Cc1ccc(N(CC)CC)cc1O.F[B-](F)(F)F. The normalized spacial score (nSPS) is 11.4. The Morgan fingerprint density at radius 1 is 1.19 bits per heavy atom. The highest BCUT2D eigenvalue weighted by Gasteiger charge is 2.20. The third kappa shape index (κ3) is 7.98. The predicted molar refractivity (Wildman–Crippen MR) is 104 cm³/mol. The molecule has 0 bridgehead atoms. The van der Waals surface area contributed by atoms with Crippen molar-refractivity contribution in [3.05, 3.63) is 33.8 Å². The molecule has 0 unspecified atom stereocenters. The molecule has 0 amide bonds. The number of hydrogen-bond acceptors (Lipinski definition) is 4. The van der Waals surface area contributed by atoms with E-state index in [0.717, 1.165) is 35.8 Å². The molecule has 0 radical (unpaired) electrons. The number of anilines is 1. The highest BCUT2D eigenvalue weighted by Crippen LogP contribution is 2.25. The first-order chi connectivity index (χ1) is 12.6. The number of nitrogens with zero attached hydrogens (tertiary/aromatic N) is 3. The van der Waals surface area contributed by atoms with Gasteiger partial charge in [-0.2, -0.15) is 0 Å². The van der Waals surface area contributed by atoms with E-state index in [1.165, 1.54) is 5.01 Å². The van der Waals surface area contributed by atoms with Crippen LogP contribution >= 0.6 is 11.3 Å². The van der Waals surface area contributed by atoms with Gasteiger partial charge < -0.3 is 27.3 Å². The summed E-state index contributed by atoms with van der Waals surface area (Å²) >= 11 is 1.70. The third-order valence-corrected chi connectivity index (χ3v) is 4.70. The fourth-order valence-electron chi connectivity index (χ4n) is 2.41. The van der Waals surface area contributed by atoms with Gasteiger partial charge in [0.05, 0.1) is 0 Å². The Kier molecular flexibility index (Phi) is 8.75. The van der Waals surface area contributed by atoms with Crippen LogP contribution in [-0.4, -0.2) is 30.5 Å². The van der Waals surface area contributed by atoms with Crippen molar-refractivity contribution in [2.75, 3.05) is 18.0 Å². The molecule has 150 valence electrons. The second-order valence-corrected chi connectivity index (χ2v) is 6.81. The molecule has 1 N–H and O–H groups in total. The number of aryl methyl sites for hydroxylation is 2. The molecule has 10 heteroatoms. The van der Waals surface area contributed by atoms with Gasteiger partial charge in [-0.15, -0.1) is 0 Å². The van der Waals surface area contributed by atoms with E-state index >= 15 is 0 Å². The Bertz CT molecular complexity index is 755. The molecule has 2 rings (SSSR count). The number of aromatic nitrogens is 2. The van der Waals surface area contributed by atoms with Crippen LogP contribution in [0.15, 0.2) is 18.2 Å². The molecule has 0 aliphatic heterocycles. The van der Waals surface area contributed by atoms with Gasteiger partial charge in [0.2, 0.25) is 6.20 Å². The van der Waals surface area contributed by atoms with Gasteiger partial charge >= 0.3 is 7.25 Å². The summed E-state index contributed by atoms with van der Waals surface area (Å²) in [7, 11) is -6.00. The van der Waals surface area contributed by atoms with Crippen molar-refractivity contribution < 1.29 is 27.1 Å². The smallest absolute Gasteiger partial charge is 0.507 e. The molecule has 0 spiro atoms. The minimum atomic E-state index is -6.00. The summed E-state index contributed by atoms with van der Waals surface area (Å²) in [6, 6.07) is 5.82. The summed E-state index contributed by atoms with van der Waals surface area (Å²) in [5.74, 6) is 0.297. The van der Waals surface area contributed by atoms with Crippen molar-refractivity contribution in [2.24, 2.45) is 0 Å². The van der Waals surface area contributed by atoms with Gasteiger partial charge in [0.25, 0.3) is 5.01 Å². The van der Waals surface area contributed by atoms with Crippen LogP contribution in [0.4, 0.5) is 23.0 Å². The molecule has 0 aliphatic rings. The molecule has 0 saturated heterocycles. The number of phenolic OH excluding ortho intramolecular Hbond substituents is 1. The van der Waals surface area contributed by atoms with Crippen molar-refractivity contribution >= 4 is 36.6 Å². The maximum atomic E-state index is 10.2. The van der Waals surface area contributed by atoms with Gasteiger partial charge in [0.15, 0.2) is 5.01 Å². The molecule has 0 saturated carbocycles. The van der Waals surface area contributed by atoms with E-state index < -0.39 is 7.25 Å². The lowest BCUT2D eigenvalue weighted by molar-refractivity contribution is -0.635. The predicted octanol–water partition coefficient (Wildman–Crippen LogP) is 4.78. The minimum absolute atomic E-state index is 0.297. The molecule has 1 aromatic heterocycles. The van der Waals surface area contributed by atoms with Gasteiger partial charge in [0.1, 0.15) is 5.75 Å². The van der Waals surface area contributed by atoms with Crippen LogP contribution in [0.3, 0.4) is 0 Å². The van der Waals surface area contributed by atoms with Gasteiger partial charge in [-0.25, -0.2) is 0 Å². The monoisotopic (exact) mass is 405 g/mol. The van der Waals surface area contributed by atoms with E-state index in [1.54, 1.807) is 11.3 Å². The van der Waals surface area contributed by atoms with Crippen molar-refractivity contribution in [3.8, 4) is 5.75 Å². The van der Waals surface area contributed by atoms with Crippen LogP contribution in [0.25, 0.3) is 12.3 Å². The first-order valence-electron chi connectivity index (χ1n) is 8.60. The van der Waals surface area contributed by atoms with E-state index in [9.17, 15) is 22.4 Å². The van der Waals surface area contributed by atoms with Crippen molar-refractivity contribution in [1.82, 2.24) is 5.10 Å². The number of benzene rings is 1. The molecule has 0 aliphatic carbocycles. The quantitative estimate of drug-likeness (QED) is 0.427. The first kappa shape index (κ1) is 22.9. The minimum Gasteiger partial charge on any atom is -0.507 e. The average molecular weight is 405 g/mol. The largest absolute Gasteiger partial charge is 0.673 e. The van der Waals surface area contributed by atoms with Crippen LogP contribution < -0.4 is 9.58 Å². The fraction of sp³-hybridized carbons (Fsp3) is 0.412. The lowest BCUT2D eigenvalue weighted by Crippen LogP contribution is -2.31. The number of phenols is 1. The number of hydrogen-bond donors (Lipinski definition) is 1. The first-order valence-corrected chi connectivity index (χ1v) is 9.42. The molecular formula is C17H24BF4N3OS. The Labute approximate surface area is 160 Å². The van der Waals surface area contributed by atoms with Crippen molar-refractivity contribution in [3.63, 3.8) is 0 Å². The highest BCUT2D eigenvalue weighted by molar-refractivity contribution is 7.10. The zero-order valence-corrected chi connectivity index (χ0v) is 16.6. The Morgan fingerprint density at radius 3 is 2.26 bits per heavy atom. The topological polar surface area (TPSA) is 40.2 Å².